The molecule has 0 aliphatic carbocycles. The van der Waals surface area contributed by atoms with E-state index in [-0.39, 0.29) is 6.04 Å². The number of nitrogens with two attached hydrogens (primary N) is 1. The summed E-state index contributed by atoms with van der Waals surface area (Å²) in [6.45, 7) is 0.598. The van der Waals surface area contributed by atoms with Crippen molar-refractivity contribution in [2.24, 2.45) is 5.73 Å². The van der Waals surface area contributed by atoms with Crippen LogP contribution >= 0.6 is 11.6 Å². The Morgan fingerprint density at radius 2 is 1.74 bits per heavy atom. The second kappa shape index (κ2) is 7.22. The van der Waals surface area contributed by atoms with Gasteiger partial charge in [0.15, 0.2) is 0 Å². The molecule has 3 N–H and O–H groups in total. The highest BCUT2D eigenvalue weighted by atomic mass is 35.5. The Kier molecular flexibility index (Phi) is 4.86. The Morgan fingerprint density at radius 1 is 1.00 bits per heavy atom. The molecule has 1 aromatic heterocycles. The maximum Gasteiger partial charge on any atom is 0.130 e. The average Bonchev–Trinajstić information content (AvgIpc) is 2.61. The fourth-order valence-electron chi connectivity index (χ4n) is 2.27. The smallest absolute Gasteiger partial charge is 0.130 e. The summed E-state index contributed by atoms with van der Waals surface area (Å²) in [4.78, 5) is 8.54. The summed E-state index contributed by atoms with van der Waals surface area (Å²) in [7, 11) is 0. The Labute approximate surface area is 140 Å². The van der Waals surface area contributed by atoms with E-state index in [1.807, 2.05) is 60.7 Å². The van der Waals surface area contributed by atoms with E-state index < -0.39 is 0 Å². The van der Waals surface area contributed by atoms with Gasteiger partial charge in [-0.1, -0.05) is 54.1 Å². The summed E-state index contributed by atoms with van der Waals surface area (Å²) >= 11 is 5.91. The molecule has 0 bridgehead atoms. The number of benzene rings is 2. The fourth-order valence-corrected chi connectivity index (χ4v) is 2.39. The Morgan fingerprint density at radius 3 is 2.48 bits per heavy atom. The molecule has 2 aromatic carbocycles. The molecule has 23 heavy (non-hydrogen) atoms. The van der Waals surface area contributed by atoms with E-state index >= 15 is 0 Å². The molecule has 0 saturated heterocycles. The predicted molar refractivity (Wildman–Crippen MR) is 94.3 cm³/mol. The monoisotopic (exact) mass is 324 g/mol. The molecule has 3 rings (SSSR count). The summed E-state index contributed by atoms with van der Waals surface area (Å²) < 4.78 is 0. The van der Waals surface area contributed by atoms with Crippen molar-refractivity contribution in [3.63, 3.8) is 0 Å². The molecule has 4 nitrogen and oxygen atoms in total. The lowest BCUT2D eigenvalue weighted by Gasteiger charge is -2.13. The maximum atomic E-state index is 6.19. The number of hydrogen-bond donors (Lipinski definition) is 2. The third kappa shape index (κ3) is 4.06. The quantitative estimate of drug-likeness (QED) is 0.747. The molecule has 0 aliphatic heterocycles. The molecular formula is C18H17ClN4. The molecule has 3 aromatic rings. The van der Waals surface area contributed by atoms with E-state index in [1.54, 1.807) is 6.33 Å². The zero-order valence-electron chi connectivity index (χ0n) is 12.5. The van der Waals surface area contributed by atoms with Crippen LogP contribution in [0, 0.1) is 0 Å². The van der Waals surface area contributed by atoms with Crippen LogP contribution < -0.4 is 11.1 Å². The Bertz CT molecular complexity index is 759. The lowest BCUT2D eigenvalue weighted by atomic mass is 10.1. The van der Waals surface area contributed by atoms with Crippen molar-refractivity contribution in [1.29, 1.82) is 0 Å². The van der Waals surface area contributed by atoms with E-state index in [2.05, 4.69) is 15.3 Å². The first-order valence-electron chi connectivity index (χ1n) is 7.35. The largest absolute Gasteiger partial charge is 0.368 e. The molecule has 5 heteroatoms. The van der Waals surface area contributed by atoms with Gasteiger partial charge in [-0.15, -0.1) is 0 Å². The number of nitrogens with one attached hydrogen (secondary N) is 1. The molecule has 116 valence electrons. The van der Waals surface area contributed by atoms with Crippen molar-refractivity contribution in [1.82, 2.24) is 9.97 Å². The van der Waals surface area contributed by atoms with Gasteiger partial charge in [-0.05, 0) is 17.7 Å². The molecule has 0 unspecified atom stereocenters. The van der Waals surface area contributed by atoms with Crippen LogP contribution in [-0.4, -0.2) is 16.5 Å². The van der Waals surface area contributed by atoms with Crippen LogP contribution in [0.1, 0.15) is 11.6 Å². The molecule has 0 amide bonds. The minimum Gasteiger partial charge on any atom is -0.368 e. The summed E-state index contributed by atoms with van der Waals surface area (Å²) in [5, 5.41) is 3.97. The molecule has 0 radical (unpaired) electrons. The van der Waals surface area contributed by atoms with E-state index in [4.69, 9.17) is 17.3 Å². The number of hydrogen-bond acceptors (Lipinski definition) is 4. The van der Waals surface area contributed by atoms with Crippen LogP contribution in [0.3, 0.4) is 0 Å². The van der Waals surface area contributed by atoms with Crippen LogP contribution in [0.5, 0.6) is 0 Å². The van der Waals surface area contributed by atoms with Gasteiger partial charge >= 0.3 is 0 Å². The van der Waals surface area contributed by atoms with Crippen molar-refractivity contribution in [2.45, 2.75) is 6.04 Å². The van der Waals surface area contributed by atoms with Crippen LogP contribution in [-0.2, 0) is 0 Å². The minimum atomic E-state index is -0.0925. The first-order chi connectivity index (χ1) is 11.2. The number of nitrogens with zero attached hydrogens (tertiary/aromatic N) is 2. The maximum absolute atomic E-state index is 6.19. The molecule has 0 saturated carbocycles. The topological polar surface area (TPSA) is 63.8 Å². The number of rotatable bonds is 5. The van der Waals surface area contributed by atoms with E-state index in [9.17, 15) is 0 Å². The van der Waals surface area contributed by atoms with Crippen LogP contribution in [0.25, 0.3) is 11.3 Å². The molecular weight excluding hydrogens is 308 g/mol. The minimum absolute atomic E-state index is 0.0925. The number of halogens is 1. The first kappa shape index (κ1) is 15.5. The van der Waals surface area contributed by atoms with Gasteiger partial charge in [-0.2, -0.15) is 0 Å². The summed E-state index contributed by atoms with van der Waals surface area (Å²) in [6, 6.07) is 19.4. The average molecular weight is 325 g/mol. The second-order valence-electron chi connectivity index (χ2n) is 5.19. The van der Waals surface area contributed by atoms with Crippen molar-refractivity contribution < 1.29 is 0 Å². The number of aromatic nitrogens is 2. The zero-order valence-corrected chi connectivity index (χ0v) is 13.2. The van der Waals surface area contributed by atoms with Gasteiger partial charge in [-0.3, -0.25) is 0 Å². The normalized spacial score (nSPS) is 11.9. The lowest BCUT2D eigenvalue weighted by Crippen LogP contribution is -2.20. The van der Waals surface area contributed by atoms with Crippen LogP contribution in [0.15, 0.2) is 67.0 Å². The third-order valence-corrected chi connectivity index (χ3v) is 3.79. The van der Waals surface area contributed by atoms with Gasteiger partial charge in [0.1, 0.15) is 12.1 Å². The third-order valence-electron chi connectivity index (χ3n) is 3.54. The summed E-state index contributed by atoms with van der Waals surface area (Å²) in [5.41, 5.74) is 9.11. The lowest BCUT2D eigenvalue weighted by molar-refractivity contribution is 0.761. The van der Waals surface area contributed by atoms with E-state index in [1.165, 1.54) is 0 Å². The van der Waals surface area contributed by atoms with Gasteiger partial charge < -0.3 is 11.1 Å². The van der Waals surface area contributed by atoms with Gasteiger partial charge in [0.05, 0.1) is 5.69 Å². The van der Waals surface area contributed by atoms with Crippen molar-refractivity contribution in [2.75, 3.05) is 11.9 Å². The molecule has 0 aliphatic rings. The highest BCUT2D eigenvalue weighted by molar-refractivity contribution is 6.30. The SMILES string of the molecule is N[C@@H](CNc1cc(-c2ccc(Cl)cc2)ncn1)c1ccccc1. The van der Waals surface area contributed by atoms with Gasteiger partial charge in [-0.25, -0.2) is 9.97 Å². The second-order valence-corrected chi connectivity index (χ2v) is 5.63. The fraction of sp³-hybridized carbons (Fsp3) is 0.111. The molecule has 0 fully saturated rings. The molecule has 1 atom stereocenters. The van der Waals surface area contributed by atoms with Crippen LogP contribution in [0.2, 0.25) is 5.02 Å². The van der Waals surface area contributed by atoms with Crippen molar-refractivity contribution in [3.05, 3.63) is 77.6 Å². The Hall–Kier alpha value is -2.43. The van der Waals surface area contributed by atoms with Crippen molar-refractivity contribution >= 4 is 17.4 Å². The highest BCUT2D eigenvalue weighted by Crippen LogP contribution is 2.21. The summed E-state index contributed by atoms with van der Waals surface area (Å²) in [6.07, 6.45) is 1.54. The summed E-state index contributed by atoms with van der Waals surface area (Å²) in [5.74, 6) is 0.747. The molecule has 1 heterocycles. The van der Waals surface area contributed by atoms with Crippen molar-refractivity contribution in [3.8, 4) is 11.3 Å². The zero-order chi connectivity index (χ0) is 16.1. The predicted octanol–water partition coefficient (Wildman–Crippen LogP) is 3.91. The van der Waals surface area contributed by atoms with E-state index in [0.717, 1.165) is 22.6 Å². The van der Waals surface area contributed by atoms with Crippen LogP contribution in [0.4, 0.5) is 5.82 Å². The standard InChI is InChI=1S/C18H17ClN4/c19-15-8-6-14(7-9-15)17-10-18(23-12-22-17)21-11-16(20)13-4-2-1-3-5-13/h1-10,12,16H,11,20H2,(H,21,22,23)/t16-/m0/s1. The van der Waals surface area contributed by atoms with Gasteiger partial charge in [0.25, 0.3) is 0 Å². The highest BCUT2D eigenvalue weighted by Gasteiger charge is 2.06. The first-order valence-corrected chi connectivity index (χ1v) is 7.72. The van der Waals surface area contributed by atoms with E-state index in [0.29, 0.717) is 11.6 Å². The van der Waals surface area contributed by atoms with Gasteiger partial charge in [0.2, 0.25) is 0 Å². The number of anilines is 1. The van der Waals surface area contributed by atoms with Gasteiger partial charge in [0, 0.05) is 29.2 Å². The Balaban J connectivity index is 1.69. The molecule has 0 spiro atoms.